The highest BCUT2D eigenvalue weighted by atomic mass is 79.9. The van der Waals surface area contributed by atoms with Gasteiger partial charge in [-0.2, -0.15) is 0 Å². The molecule has 104 valence electrons. The van der Waals surface area contributed by atoms with Gasteiger partial charge >= 0.3 is 0 Å². The minimum atomic E-state index is 0.00356. The van der Waals surface area contributed by atoms with E-state index in [1.54, 1.807) is 11.8 Å². The van der Waals surface area contributed by atoms with Crippen molar-refractivity contribution < 1.29 is 0 Å². The molecule has 0 aliphatic carbocycles. The van der Waals surface area contributed by atoms with Gasteiger partial charge in [0, 0.05) is 18.2 Å². The molecule has 0 aromatic carbocycles. The maximum absolute atomic E-state index is 4.65. The Labute approximate surface area is 131 Å². The summed E-state index contributed by atoms with van der Waals surface area (Å²) in [5.74, 6) is 0.931. The first kappa shape index (κ1) is 13.8. The van der Waals surface area contributed by atoms with Crippen molar-refractivity contribution >= 4 is 39.2 Å². The van der Waals surface area contributed by atoms with Crippen LogP contribution in [0.3, 0.4) is 0 Å². The van der Waals surface area contributed by atoms with Crippen LogP contribution < -0.4 is 4.90 Å². The fraction of sp³-hybridized carbons (Fsp3) is 0.357. The van der Waals surface area contributed by atoms with Gasteiger partial charge in [-0.1, -0.05) is 25.6 Å². The number of rotatable bonds is 2. The van der Waals surface area contributed by atoms with E-state index in [2.05, 4.69) is 55.7 Å². The lowest BCUT2D eigenvalue weighted by Gasteiger charge is -2.21. The van der Waals surface area contributed by atoms with E-state index in [9.17, 15) is 0 Å². The lowest BCUT2D eigenvalue weighted by atomic mass is 9.91. The third kappa shape index (κ3) is 2.31. The Balaban J connectivity index is 2.09. The first-order valence-electron chi connectivity index (χ1n) is 6.33. The Hall–Kier alpha value is -1.14. The molecule has 0 saturated carbocycles. The lowest BCUT2D eigenvalue weighted by molar-refractivity contribution is 0.551. The molecule has 20 heavy (non-hydrogen) atoms. The SMILES string of the molecule is CSc1nccc(N2CC(C)(C)c3nc(Br)ccc32)n1. The predicted molar refractivity (Wildman–Crippen MR) is 85.8 cm³/mol. The summed E-state index contributed by atoms with van der Waals surface area (Å²) in [6.45, 7) is 5.29. The van der Waals surface area contributed by atoms with E-state index in [-0.39, 0.29) is 5.41 Å². The fourth-order valence-electron chi connectivity index (χ4n) is 2.48. The molecule has 0 saturated heterocycles. The average Bonchev–Trinajstić information content (AvgIpc) is 2.71. The van der Waals surface area contributed by atoms with Crippen molar-refractivity contribution in [1.29, 1.82) is 0 Å². The quantitative estimate of drug-likeness (QED) is 0.468. The molecule has 3 heterocycles. The molecule has 2 aromatic rings. The molecule has 0 unspecified atom stereocenters. The van der Waals surface area contributed by atoms with Crippen molar-refractivity contribution in [3.05, 3.63) is 34.7 Å². The predicted octanol–water partition coefficient (Wildman–Crippen LogP) is 3.79. The number of pyridine rings is 1. The summed E-state index contributed by atoms with van der Waals surface area (Å²) in [5.41, 5.74) is 2.24. The Morgan fingerprint density at radius 3 is 2.80 bits per heavy atom. The van der Waals surface area contributed by atoms with Gasteiger partial charge in [-0.15, -0.1) is 0 Å². The second-order valence-electron chi connectivity index (χ2n) is 5.37. The summed E-state index contributed by atoms with van der Waals surface area (Å²) in [6.07, 6.45) is 3.80. The maximum Gasteiger partial charge on any atom is 0.189 e. The normalized spacial score (nSPS) is 16.3. The summed E-state index contributed by atoms with van der Waals surface area (Å²) in [4.78, 5) is 15.7. The Morgan fingerprint density at radius 1 is 1.25 bits per heavy atom. The van der Waals surface area contributed by atoms with E-state index < -0.39 is 0 Å². The van der Waals surface area contributed by atoms with Crippen LogP contribution in [0, 0.1) is 0 Å². The van der Waals surface area contributed by atoms with Crippen LogP contribution in [-0.2, 0) is 5.41 Å². The van der Waals surface area contributed by atoms with Crippen molar-refractivity contribution in [2.24, 2.45) is 0 Å². The molecule has 4 nitrogen and oxygen atoms in total. The summed E-state index contributed by atoms with van der Waals surface area (Å²) in [5, 5.41) is 0.791. The fourth-order valence-corrected chi connectivity index (χ4v) is 3.14. The second kappa shape index (κ2) is 5.00. The average molecular weight is 351 g/mol. The third-order valence-electron chi connectivity index (χ3n) is 3.40. The van der Waals surface area contributed by atoms with Crippen molar-refractivity contribution in [2.75, 3.05) is 17.7 Å². The van der Waals surface area contributed by atoms with E-state index in [1.807, 2.05) is 24.6 Å². The molecule has 0 amide bonds. The van der Waals surface area contributed by atoms with E-state index in [1.165, 1.54) is 0 Å². The zero-order valence-electron chi connectivity index (χ0n) is 11.6. The van der Waals surface area contributed by atoms with Crippen molar-refractivity contribution in [1.82, 2.24) is 15.0 Å². The van der Waals surface area contributed by atoms with Gasteiger partial charge in [0.15, 0.2) is 5.16 Å². The highest BCUT2D eigenvalue weighted by Gasteiger charge is 2.38. The van der Waals surface area contributed by atoms with Crippen LogP contribution in [-0.4, -0.2) is 27.8 Å². The monoisotopic (exact) mass is 350 g/mol. The molecular weight excluding hydrogens is 336 g/mol. The molecule has 0 N–H and O–H groups in total. The van der Waals surface area contributed by atoms with E-state index in [4.69, 9.17) is 0 Å². The van der Waals surface area contributed by atoms with Crippen molar-refractivity contribution in [2.45, 2.75) is 24.4 Å². The lowest BCUT2D eigenvalue weighted by Crippen LogP contribution is -2.26. The van der Waals surface area contributed by atoms with Gasteiger partial charge in [-0.3, -0.25) is 0 Å². The number of thioether (sulfide) groups is 1. The second-order valence-corrected chi connectivity index (χ2v) is 6.96. The van der Waals surface area contributed by atoms with Gasteiger partial charge in [0.1, 0.15) is 10.4 Å². The number of fused-ring (bicyclic) bond motifs is 1. The molecule has 0 bridgehead atoms. The van der Waals surface area contributed by atoms with Gasteiger partial charge < -0.3 is 4.90 Å². The summed E-state index contributed by atoms with van der Waals surface area (Å²) in [7, 11) is 0. The zero-order chi connectivity index (χ0) is 14.3. The third-order valence-corrected chi connectivity index (χ3v) is 4.41. The van der Waals surface area contributed by atoms with Crippen LogP contribution in [0.1, 0.15) is 19.5 Å². The smallest absolute Gasteiger partial charge is 0.189 e. The van der Waals surface area contributed by atoms with Gasteiger partial charge in [0.25, 0.3) is 0 Å². The molecule has 1 aliphatic heterocycles. The number of hydrogen-bond donors (Lipinski definition) is 0. The van der Waals surface area contributed by atoms with Crippen LogP contribution >= 0.6 is 27.7 Å². The molecule has 1 aliphatic rings. The number of aromatic nitrogens is 3. The highest BCUT2D eigenvalue weighted by molar-refractivity contribution is 9.10. The van der Waals surface area contributed by atoms with Crippen LogP contribution in [0.15, 0.2) is 34.2 Å². The zero-order valence-corrected chi connectivity index (χ0v) is 14.0. The highest BCUT2D eigenvalue weighted by Crippen LogP contribution is 2.43. The first-order chi connectivity index (χ1) is 9.51. The summed E-state index contributed by atoms with van der Waals surface area (Å²) >= 11 is 5.01. The summed E-state index contributed by atoms with van der Waals surface area (Å²) < 4.78 is 0.874. The molecule has 6 heteroatoms. The van der Waals surface area contributed by atoms with Crippen LogP contribution in [0.2, 0.25) is 0 Å². The molecule has 3 rings (SSSR count). The van der Waals surface area contributed by atoms with Crippen molar-refractivity contribution in [3.8, 4) is 0 Å². The standard InChI is InChI=1S/C14H15BrN4S/c1-14(2)8-19(9-4-5-10(15)17-12(9)14)11-6-7-16-13(18-11)20-3/h4-7H,8H2,1-3H3. The van der Waals surface area contributed by atoms with Crippen LogP contribution in [0.4, 0.5) is 11.5 Å². The number of anilines is 2. The largest absolute Gasteiger partial charge is 0.324 e. The molecule has 0 fully saturated rings. The topological polar surface area (TPSA) is 41.9 Å². The summed E-state index contributed by atoms with van der Waals surface area (Å²) in [6, 6.07) is 6.03. The number of halogens is 1. The van der Waals surface area contributed by atoms with Crippen LogP contribution in [0.5, 0.6) is 0 Å². The number of nitrogens with zero attached hydrogens (tertiary/aromatic N) is 4. The Bertz CT molecular complexity index is 659. The van der Waals surface area contributed by atoms with Gasteiger partial charge in [0.2, 0.25) is 0 Å². The van der Waals surface area contributed by atoms with Crippen molar-refractivity contribution in [3.63, 3.8) is 0 Å². The van der Waals surface area contributed by atoms with Gasteiger partial charge in [-0.05, 0) is 40.4 Å². The first-order valence-corrected chi connectivity index (χ1v) is 8.35. The molecular formula is C14H15BrN4S. The van der Waals surface area contributed by atoms with E-state index in [0.29, 0.717) is 0 Å². The Morgan fingerprint density at radius 2 is 2.05 bits per heavy atom. The number of hydrogen-bond acceptors (Lipinski definition) is 5. The minimum Gasteiger partial charge on any atom is -0.324 e. The molecule has 2 aromatic heterocycles. The molecule has 0 radical (unpaired) electrons. The van der Waals surface area contributed by atoms with E-state index in [0.717, 1.165) is 33.5 Å². The van der Waals surface area contributed by atoms with Crippen LogP contribution in [0.25, 0.3) is 0 Å². The van der Waals surface area contributed by atoms with Gasteiger partial charge in [0.05, 0.1) is 11.4 Å². The maximum atomic E-state index is 4.65. The van der Waals surface area contributed by atoms with Gasteiger partial charge in [-0.25, -0.2) is 15.0 Å². The molecule has 0 atom stereocenters. The molecule has 0 spiro atoms. The minimum absolute atomic E-state index is 0.00356. The van der Waals surface area contributed by atoms with E-state index >= 15 is 0 Å². The Kier molecular flexibility index (Phi) is 3.46.